The van der Waals surface area contributed by atoms with Crippen molar-refractivity contribution in [3.8, 4) is 5.75 Å². The third kappa shape index (κ3) is 4.44. The minimum Gasteiger partial charge on any atom is -0.497 e. The number of carbonyl (C=O) groups excluding carboxylic acids is 2. The van der Waals surface area contributed by atoms with E-state index in [2.05, 4.69) is 0 Å². The van der Waals surface area contributed by atoms with Gasteiger partial charge in [-0.15, -0.1) is 0 Å². The van der Waals surface area contributed by atoms with E-state index in [9.17, 15) is 19.2 Å². The maximum Gasteiger partial charge on any atom is 0.340 e. The number of aromatic nitrogens is 2. The summed E-state index contributed by atoms with van der Waals surface area (Å²) in [4.78, 5) is 50.8. The van der Waals surface area contributed by atoms with Crippen molar-refractivity contribution in [2.45, 2.75) is 13.2 Å². The molecule has 3 aromatic carbocycles. The molecule has 34 heavy (non-hydrogen) atoms. The minimum atomic E-state index is -1.04. The zero-order valence-corrected chi connectivity index (χ0v) is 18.3. The van der Waals surface area contributed by atoms with Gasteiger partial charge in [-0.25, -0.2) is 19.0 Å². The quantitative estimate of drug-likeness (QED) is 0.442. The van der Waals surface area contributed by atoms with Crippen molar-refractivity contribution in [2.75, 3.05) is 7.11 Å². The summed E-state index contributed by atoms with van der Waals surface area (Å²) >= 11 is 0. The molecule has 0 unspecified atom stereocenters. The van der Waals surface area contributed by atoms with Crippen molar-refractivity contribution in [1.29, 1.82) is 0 Å². The van der Waals surface area contributed by atoms with Gasteiger partial charge in [-0.3, -0.25) is 9.36 Å². The van der Waals surface area contributed by atoms with Crippen molar-refractivity contribution in [3.63, 3.8) is 0 Å². The zero-order chi connectivity index (χ0) is 24.2. The predicted molar refractivity (Wildman–Crippen MR) is 125 cm³/mol. The fourth-order valence-corrected chi connectivity index (χ4v) is 3.56. The lowest BCUT2D eigenvalue weighted by atomic mass is 10.1. The number of ether oxygens (including phenoxy) is 2. The molecule has 0 bridgehead atoms. The van der Waals surface area contributed by atoms with Gasteiger partial charge < -0.3 is 15.2 Å². The van der Waals surface area contributed by atoms with Crippen molar-refractivity contribution < 1.29 is 19.1 Å². The smallest absolute Gasteiger partial charge is 0.340 e. The fourth-order valence-electron chi connectivity index (χ4n) is 3.56. The van der Waals surface area contributed by atoms with E-state index in [0.29, 0.717) is 15.9 Å². The SMILES string of the molecule is COc1ccc(COC(=O)c2ccc3c(c2)c(=O)n(Cc2ccccc2)c(=O)n3C(N)=O)cc1. The Bertz CT molecular complexity index is 1490. The summed E-state index contributed by atoms with van der Waals surface area (Å²) in [6.45, 7) is -0.0479. The van der Waals surface area contributed by atoms with Crippen molar-refractivity contribution >= 4 is 22.9 Å². The lowest BCUT2D eigenvalue weighted by Gasteiger charge is -2.12. The van der Waals surface area contributed by atoms with Crippen LogP contribution in [0.15, 0.2) is 82.4 Å². The van der Waals surface area contributed by atoms with Crippen LogP contribution in [0, 0.1) is 0 Å². The summed E-state index contributed by atoms with van der Waals surface area (Å²) in [5, 5.41) is -0.00627. The average molecular weight is 459 g/mol. The van der Waals surface area contributed by atoms with Gasteiger partial charge >= 0.3 is 17.7 Å². The van der Waals surface area contributed by atoms with E-state index < -0.39 is 23.2 Å². The first-order chi connectivity index (χ1) is 16.4. The van der Waals surface area contributed by atoms with Crippen LogP contribution in [0.5, 0.6) is 5.75 Å². The van der Waals surface area contributed by atoms with Crippen LogP contribution in [0.4, 0.5) is 4.79 Å². The van der Waals surface area contributed by atoms with Gasteiger partial charge in [0.15, 0.2) is 0 Å². The minimum absolute atomic E-state index is 0.00627. The molecule has 0 spiro atoms. The van der Waals surface area contributed by atoms with Crippen LogP contribution in [-0.4, -0.2) is 28.2 Å². The van der Waals surface area contributed by atoms with E-state index in [4.69, 9.17) is 15.2 Å². The number of nitrogens with zero attached hydrogens (tertiary/aromatic N) is 2. The van der Waals surface area contributed by atoms with Crippen molar-refractivity contribution in [3.05, 3.63) is 110 Å². The number of methoxy groups -OCH3 is 1. The molecule has 1 aromatic heterocycles. The number of hydrogen-bond acceptors (Lipinski definition) is 6. The Morgan fingerprint density at radius 3 is 2.26 bits per heavy atom. The highest BCUT2D eigenvalue weighted by Crippen LogP contribution is 2.15. The second-order valence-electron chi connectivity index (χ2n) is 7.49. The molecule has 4 aromatic rings. The van der Waals surface area contributed by atoms with Crippen LogP contribution < -0.4 is 21.7 Å². The van der Waals surface area contributed by atoms with Gasteiger partial charge in [0.2, 0.25) is 0 Å². The summed E-state index contributed by atoms with van der Waals surface area (Å²) in [5.41, 5.74) is 5.48. The Morgan fingerprint density at radius 2 is 1.62 bits per heavy atom. The molecule has 0 radical (unpaired) electrons. The number of esters is 1. The summed E-state index contributed by atoms with van der Waals surface area (Å²) in [7, 11) is 1.56. The van der Waals surface area contributed by atoms with Gasteiger partial charge in [-0.1, -0.05) is 42.5 Å². The summed E-state index contributed by atoms with van der Waals surface area (Å²) < 4.78 is 12.1. The highest BCUT2D eigenvalue weighted by molar-refractivity contribution is 5.96. The van der Waals surface area contributed by atoms with Crippen molar-refractivity contribution in [1.82, 2.24) is 9.13 Å². The standard InChI is InChI=1S/C25H21N3O6/c1-33-19-10-7-17(8-11-19)15-34-23(30)18-9-12-21-20(13-18)22(29)27(25(32)28(21)24(26)31)14-16-5-3-2-4-6-16/h2-13H,14-15H2,1H3,(H2,26,31). The lowest BCUT2D eigenvalue weighted by Crippen LogP contribution is -2.44. The number of primary amides is 1. The number of rotatable bonds is 6. The average Bonchev–Trinajstić information content (AvgIpc) is 2.85. The number of fused-ring (bicyclic) bond motifs is 1. The van der Waals surface area contributed by atoms with E-state index in [1.807, 2.05) is 0 Å². The molecule has 9 heteroatoms. The van der Waals surface area contributed by atoms with Crippen LogP contribution in [0.2, 0.25) is 0 Å². The van der Waals surface area contributed by atoms with E-state index in [-0.39, 0.29) is 29.6 Å². The normalized spacial score (nSPS) is 10.7. The number of hydrogen-bond donors (Lipinski definition) is 1. The largest absolute Gasteiger partial charge is 0.497 e. The van der Waals surface area contributed by atoms with Crippen LogP contribution in [0.1, 0.15) is 21.5 Å². The Balaban J connectivity index is 1.71. The second kappa shape index (κ2) is 9.45. The molecule has 1 amide bonds. The highest BCUT2D eigenvalue weighted by Gasteiger charge is 2.19. The van der Waals surface area contributed by atoms with Crippen LogP contribution in [-0.2, 0) is 17.9 Å². The molecule has 0 aliphatic carbocycles. The van der Waals surface area contributed by atoms with Gasteiger partial charge in [0.25, 0.3) is 5.56 Å². The van der Waals surface area contributed by atoms with Gasteiger partial charge in [-0.05, 0) is 41.5 Å². The van der Waals surface area contributed by atoms with Gasteiger partial charge in [0, 0.05) is 0 Å². The first kappa shape index (κ1) is 22.5. The molecule has 0 fully saturated rings. The molecule has 172 valence electrons. The van der Waals surface area contributed by atoms with E-state index in [0.717, 1.165) is 10.1 Å². The molecule has 0 aliphatic heterocycles. The maximum atomic E-state index is 13.2. The van der Waals surface area contributed by atoms with Crippen molar-refractivity contribution in [2.24, 2.45) is 5.73 Å². The summed E-state index contributed by atoms with van der Waals surface area (Å²) in [6, 6.07) is 18.8. The Hall–Kier alpha value is -4.66. The van der Waals surface area contributed by atoms with Crippen LogP contribution in [0.3, 0.4) is 0 Å². The first-order valence-corrected chi connectivity index (χ1v) is 10.3. The molecular formula is C25H21N3O6. The molecule has 0 aliphatic rings. The Labute approximate surface area is 193 Å². The lowest BCUT2D eigenvalue weighted by molar-refractivity contribution is 0.0473. The summed E-state index contributed by atoms with van der Waals surface area (Å²) in [5.74, 6) is 0.0143. The third-order valence-electron chi connectivity index (χ3n) is 5.30. The number of amides is 1. The fraction of sp³-hybridized carbons (Fsp3) is 0.120. The molecule has 0 saturated carbocycles. The van der Waals surface area contributed by atoms with Gasteiger partial charge in [0.05, 0.1) is 30.1 Å². The molecule has 0 atom stereocenters. The van der Waals surface area contributed by atoms with E-state index >= 15 is 0 Å². The maximum absolute atomic E-state index is 13.2. The third-order valence-corrected chi connectivity index (χ3v) is 5.30. The highest BCUT2D eigenvalue weighted by atomic mass is 16.5. The van der Waals surface area contributed by atoms with Gasteiger partial charge in [0.1, 0.15) is 12.4 Å². The molecule has 2 N–H and O–H groups in total. The predicted octanol–water partition coefficient (Wildman–Crippen LogP) is 2.50. The Kier molecular flexibility index (Phi) is 6.26. The molecule has 9 nitrogen and oxygen atoms in total. The molecule has 1 heterocycles. The monoisotopic (exact) mass is 459 g/mol. The topological polar surface area (TPSA) is 123 Å². The second-order valence-corrected chi connectivity index (χ2v) is 7.49. The summed E-state index contributed by atoms with van der Waals surface area (Å²) in [6.07, 6.45) is 0. The molecule has 0 saturated heterocycles. The molecule has 4 rings (SSSR count). The van der Waals surface area contributed by atoms with E-state index in [1.54, 1.807) is 61.7 Å². The van der Waals surface area contributed by atoms with E-state index in [1.165, 1.54) is 18.2 Å². The number of benzene rings is 3. The van der Waals surface area contributed by atoms with Crippen LogP contribution >= 0.6 is 0 Å². The number of carbonyl (C=O) groups is 2. The van der Waals surface area contributed by atoms with Crippen LogP contribution in [0.25, 0.3) is 10.9 Å². The van der Waals surface area contributed by atoms with Gasteiger partial charge in [-0.2, -0.15) is 0 Å². The zero-order valence-electron chi connectivity index (χ0n) is 18.3. The first-order valence-electron chi connectivity index (χ1n) is 10.3. The Morgan fingerprint density at radius 1 is 0.912 bits per heavy atom. The molecular weight excluding hydrogens is 438 g/mol. The number of nitrogens with two attached hydrogens (primary N) is 1.